The Morgan fingerprint density at radius 1 is 1.39 bits per heavy atom. The van der Waals surface area contributed by atoms with E-state index in [0.717, 1.165) is 11.4 Å². The highest BCUT2D eigenvalue weighted by Crippen LogP contribution is 2.01. The number of carbonyl (C=O) groups is 1. The fraction of sp³-hybridized carbons (Fsp3) is 0.250. The van der Waals surface area contributed by atoms with Gasteiger partial charge in [0.1, 0.15) is 0 Å². The van der Waals surface area contributed by atoms with E-state index in [2.05, 4.69) is 5.10 Å². The lowest BCUT2D eigenvalue weighted by molar-refractivity contribution is -0.683. The summed E-state index contributed by atoms with van der Waals surface area (Å²) in [7, 11) is 0. The lowest BCUT2D eigenvalue weighted by atomic mass is 10.4. The van der Waals surface area contributed by atoms with Crippen molar-refractivity contribution in [3.8, 4) is 0 Å². The summed E-state index contributed by atoms with van der Waals surface area (Å²) in [6.45, 7) is 3.99. The second-order valence-electron chi connectivity index (χ2n) is 4.04. The first-order chi connectivity index (χ1) is 8.06. The number of hydrogen-bond donors (Lipinski definition) is 1. The Kier molecular flexibility index (Phi) is 4.61. The molecule has 0 amide bonds. The number of nitrogen functional groups attached to an aromatic ring is 1. The highest BCUT2D eigenvalue weighted by Gasteiger charge is 2.14. The normalized spacial score (nSPS) is 9.89. The molecule has 0 aliphatic carbocycles. The van der Waals surface area contributed by atoms with E-state index in [-0.39, 0.29) is 29.4 Å². The van der Waals surface area contributed by atoms with Crippen LogP contribution in [0.3, 0.4) is 0 Å². The van der Waals surface area contributed by atoms with Crippen LogP contribution in [-0.2, 0) is 6.54 Å². The molecule has 0 aromatic carbocycles. The van der Waals surface area contributed by atoms with Crippen LogP contribution in [0.5, 0.6) is 0 Å². The van der Waals surface area contributed by atoms with Crippen LogP contribution >= 0.6 is 0 Å². The fourth-order valence-electron chi connectivity index (χ4n) is 1.68. The Hall–Kier alpha value is -1.69. The van der Waals surface area contributed by atoms with E-state index in [4.69, 9.17) is 5.73 Å². The summed E-state index contributed by atoms with van der Waals surface area (Å²) in [5.41, 5.74) is 7.96. The minimum absolute atomic E-state index is 0. The number of halogens is 1. The number of rotatable bonds is 2. The van der Waals surface area contributed by atoms with Crippen molar-refractivity contribution < 1.29 is 26.3 Å². The maximum atomic E-state index is 12.0. The van der Waals surface area contributed by atoms with Gasteiger partial charge < -0.3 is 22.7 Å². The number of aromatic nitrogens is 3. The summed E-state index contributed by atoms with van der Waals surface area (Å²) in [4.78, 5) is 12.0. The minimum atomic E-state index is -0.0645. The third-order valence-corrected chi connectivity index (χ3v) is 2.48. The van der Waals surface area contributed by atoms with E-state index in [1.807, 2.05) is 19.9 Å². The first-order valence-corrected chi connectivity index (χ1v) is 5.37. The summed E-state index contributed by atoms with van der Waals surface area (Å²) in [5, 5.41) is 4.15. The van der Waals surface area contributed by atoms with Crippen molar-refractivity contribution in [2.24, 2.45) is 0 Å². The van der Waals surface area contributed by atoms with Gasteiger partial charge in [-0.15, -0.1) is 0 Å². The van der Waals surface area contributed by atoms with Crippen molar-refractivity contribution in [3.63, 3.8) is 0 Å². The smallest absolute Gasteiger partial charge is 0.312 e. The van der Waals surface area contributed by atoms with E-state index in [9.17, 15) is 4.79 Å². The first-order valence-electron chi connectivity index (χ1n) is 5.37. The van der Waals surface area contributed by atoms with Gasteiger partial charge in [0.2, 0.25) is 6.54 Å². The summed E-state index contributed by atoms with van der Waals surface area (Å²) in [6, 6.07) is 5.40. The zero-order valence-corrected chi connectivity index (χ0v) is 11.9. The van der Waals surface area contributed by atoms with Gasteiger partial charge in [0.15, 0.2) is 12.4 Å². The minimum Gasteiger partial charge on any atom is -1.00 e. The zero-order valence-electron chi connectivity index (χ0n) is 10.3. The largest absolute Gasteiger partial charge is 1.00 e. The van der Waals surface area contributed by atoms with Crippen molar-refractivity contribution >= 4 is 11.6 Å². The van der Waals surface area contributed by atoms with Crippen molar-refractivity contribution in [2.75, 3.05) is 5.73 Å². The van der Waals surface area contributed by atoms with Crippen LogP contribution in [0.15, 0.2) is 30.6 Å². The lowest BCUT2D eigenvalue weighted by Gasteiger charge is -2.00. The summed E-state index contributed by atoms with van der Waals surface area (Å²) in [6.07, 6.45) is 3.55. The Morgan fingerprint density at radius 2 is 2.00 bits per heavy atom. The molecule has 0 atom stereocenters. The van der Waals surface area contributed by atoms with Crippen molar-refractivity contribution in [3.05, 3.63) is 42.0 Å². The number of pyridine rings is 1. The number of aryl methyl sites for hydroxylation is 2. The standard InChI is InChI=1S/C12H14N4O.BrH/c1-9-7-10(2)16(14-9)12(17)8-15-5-3-11(13)4-6-15;/h3-7,13H,8H2,1-2H3;1H. The maximum Gasteiger partial charge on any atom is 0.312 e. The van der Waals surface area contributed by atoms with Gasteiger partial charge in [-0.2, -0.15) is 14.3 Å². The zero-order chi connectivity index (χ0) is 12.4. The Balaban J connectivity index is 0.00000162. The third-order valence-electron chi connectivity index (χ3n) is 2.48. The Morgan fingerprint density at radius 3 is 2.50 bits per heavy atom. The molecule has 0 spiro atoms. The maximum absolute atomic E-state index is 12.0. The molecule has 2 aromatic heterocycles. The van der Waals surface area contributed by atoms with Crippen LogP contribution in [0.4, 0.5) is 5.69 Å². The van der Waals surface area contributed by atoms with Crippen molar-refractivity contribution in [2.45, 2.75) is 20.4 Å². The highest BCUT2D eigenvalue weighted by molar-refractivity contribution is 5.77. The van der Waals surface area contributed by atoms with Crippen LogP contribution in [0.1, 0.15) is 16.2 Å². The SMILES string of the molecule is Cc1cc(C)n(C(=O)C[n+]2ccc(N)cc2)n1.[Br-]. The molecule has 0 saturated heterocycles. The lowest BCUT2D eigenvalue weighted by Crippen LogP contribution is -3.00. The molecule has 2 rings (SSSR count). The van der Waals surface area contributed by atoms with Gasteiger partial charge in [-0.05, 0) is 19.9 Å². The van der Waals surface area contributed by atoms with Gasteiger partial charge in [-0.1, -0.05) is 0 Å². The van der Waals surface area contributed by atoms with Crippen molar-refractivity contribution in [1.29, 1.82) is 0 Å². The van der Waals surface area contributed by atoms with Crippen LogP contribution in [0.25, 0.3) is 0 Å². The van der Waals surface area contributed by atoms with E-state index in [1.165, 1.54) is 4.68 Å². The molecule has 0 aliphatic rings. The number of hydrogen-bond acceptors (Lipinski definition) is 3. The third kappa shape index (κ3) is 3.16. The van der Waals surface area contributed by atoms with Crippen LogP contribution < -0.4 is 27.3 Å². The molecule has 96 valence electrons. The van der Waals surface area contributed by atoms with Crippen LogP contribution in [-0.4, -0.2) is 15.7 Å². The van der Waals surface area contributed by atoms with Gasteiger partial charge in [0.25, 0.3) is 0 Å². The second kappa shape index (κ2) is 5.77. The quantitative estimate of drug-likeness (QED) is 0.635. The van der Waals surface area contributed by atoms with E-state index < -0.39 is 0 Å². The Labute approximate surface area is 116 Å². The molecule has 0 saturated carbocycles. The summed E-state index contributed by atoms with van der Waals surface area (Å²) < 4.78 is 3.20. The first kappa shape index (κ1) is 14.4. The van der Waals surface area contributed by atoms with Crippen molar-refractivity contribution in [1.82, 2.24) is 9.78 Å². The molecule has 0 fully saturated rings. The molecule has 2 N–H and O–H groups in total. The van der Waals surface area contributed by atoms with E-state index >= 15 is 0 Å². The summed E-state index contributed by atoms with van der Waals surface area (Å²) >= 11 is 0. The molecular weight excluding hydrogens is 296 g/mol. The molecule has 18 heavy (non-hydrogen) atoms. The van der Waals surface area contributed by atoms with Crippen LogP contribution in [0, 0.1) is 13.8 Å². The predicted molar refractivity (Wildman–Crippen MR) is 63.4 cm³/mol. The number of anilines is 1. The molecule has 2 heterocycles. The molecule has 0 aliphatic heterocycles. The molecule has 5 nitrogen and oxygen atoms in total. The van der Waals surface area contributed by atoms with E-state index in [0.29, 0.717) is 5.69 Å². The number of nitrogens with two attached hydrogens (primary N) is 1. The number of carbonyl (C=O) groups excluding carboxylic acids is 1. The average molecular weight is 311 g/mol. The monoisotopic (exact) mass is 310 g/mol. The molecular formula is C12H15BrN4O. The summed E-state index contributed by atoms with van der Waals surface area (Å²) in [5.74, 6) is -0.0645. The van der Waals surface area contributed by atoms with Gasteiger partial charge >= 0.3 is 5.91 Å². The molecule has 0 radical (unpaired) electrons. The molecule has 0 bridgehead atoms. The Bertz CT molecular complexity index is 548. The predicted octanol–water partition coefficient (Wildman–Crippen LogP) is -2.29. The fourth-order valence-corrected chi connectivity index (χ4v) is 1.68. The molecule has 2 aromatic rings. The van der Waals surface area contributed by atoms with Gasteiger partial charge in [0.05, 0.1) is 5.69 Å². The highest BCUT2D eigenvalue weighted by atomic mass is 79.9. The topological polar surface area (TPSA) is 64.8 Å². The van der Waals surface area contributed by atoms with Gasteiger partial charge in [-0.25, -0.2) is 0 Å². The molecule has 6 heteroatoms. The van der Waals surface area contributed by atoms with E-state index in [1.54, 1.807) is 29.1 Å². The van der Waals surface area contributed by atoms with Crippen LogP contribution in [0.2, 0.25) is 0 Å². The second-order valence-corrected chi connectivity index (χ2v) is 4.04. The average Bonchev–Trinajstić information content (AvgIpc) is 2.61. The number of nitrogens with zero attached hydrogens (tertiary/aromatic N) is 3. The van der Waals surface area contributed by atoms with Gasteiger partial charge in [0, 0.05) is 23.5 Å². The van der Waals surface area contributed by atoms with Gasteiger partial charge in [-0.3, -0.25) is 4.79 Å². The molecule has 0 unspecified atom stereocenters.